The second-order valence-electron chi connectivity index (χ2n) is 5.46. The Labute approximate surface area is 131 Å². The average molecular weight is 316 g/mol. The van der Waals surface area contributed by atoms with Crippen LogP contribution in [0.4, 0.5) is 11.5 Å². The number of piperidine rings is 1. The van der Waals surface area contributed by atoms with Gasteiger partial charge in [0, 0.05) is 37.0 Å². The Morgan fingerprint density at radius 2 is 2.17 bits per heavy atom. The molecule has 0 unspecified atom stereocenters. The van der Waals surface area contributed by atoms with E-state index in [1.165, 1.54) is 6.07 Å². The number of aromatic nitrogens is 3. The van der Waals surface area contributed by atoms with Gasteiger partial charge in [0.2, 0.25) is 0 Å². The lowest BCUT2D eigenvalue weighted by Crippen LogP contribution is -2.35. The van der Waals surface area contributed by atoms with Crippen molar-refractivity contribution in [1.82, 2.24) is 15.2 Å². The second kappa shape index (κ2) is 6.03. The average Bonchev–Trinajstić information content (AvgIpc) is 3.09. The highest BCUT2D eigenvalue weighted by Crippen LogP contribution is 2.30. The van der Waals surface area contributed by atoms with E-state index in [9.17, 15) is 14.9 Å². The van der Waals surface area contributed by atoms with Crippen molar-refractivity contribution in [1.29, 1.82) is 0 Å². The van der Waals surface area contributed by atoms with Crippen LogP contribution in [0.25, 0.3) is 0 Å². The van der Waals surface area contributed by atoms with Crippen molar-refractivity contribution >= 4 is 17.4 Å². The molecule has 3 heterocycles. The Kier molecular flexibility index (Phi) is 3.92. The normalized spacial score (nSPS) is 15.6. The molecule has 2 aromatic heterocycles. The minimum absolute atomic E-state index is 0.0826. The monoisotopic (exact) mass is 316 g/mol. The predicted octanol–water partition coefficient (Wildman–Crippen LogP) is 1.20. The number of carbonyl (C=O) groups is 1. The van der Waals surface area contributed by atoms with E-state index in [0.29, 0.717) is 24.8 Å². The summed E-state index contributed by atoms with van der Waals surface area (Å²) >= 11 is 0. The first-order chi connectivity index (χ1) is 11.1. The Morgan fingerprint density at radius 1 is 1.43 bits per heavy atom. The van der Waals surface area contributed by atoms with Gasteiger partial charge in [0.15, 0.2) is 0 Å². The molecule has 0 atom stereocenters. The van der Waals surface area contributed by atoms with Gasteiger partial charge in [-0.15, -0.1) is 0 Å². The van der Waals surface area contributed by atoms with Crippen LogP contribution < -0.4 is 10.6 Å². The number of hydrogen-bond acceptors (Lipinski definition) is 6. The minimum atomic E-state index is -0.716. The third kappa shape index (κ3) is 2.98. The predicted molar refractivity (Wildman–Crippen MR) is 82.2 cm³/mol. The molecule has 9 heteroatoms. The summed E-state index contributed by atoms with van der Waals surface area (Å²) in [5.74, 6) is 0.0712. The van der Waals surface area contributed by atoms with Gasteiger partial charge in [-0.25, -0.2) is 4.98 Å². The second-order valence-corrected chi connectivity index (χ2v) is 5.46. The van der Waals surface area contributed by atoms with Gasteiger partial charge in [-0.1, -0.05) is 0 Å². The first kappa shape index (κ1) is 14.9. The van der Waals surface area contributed by atoms with Crippen LogP contribution >= 0.6 is 0 Å². The maximum Gasteiger partial charge on any atom is 0.288 e. The molecule has 23 heavy (non-hydrogen) atoms. The molecule has 0 bridgehead atoms. The van der Waals surface area contributed by atoms with Crippen molar-refractivity contribution < 1.29 is 9.72 Å². The van der Waals surface area contributed by atoms with Crippen LogP contribution in [-0.2, 0) is 0 Å². The molecule has 9 nitrogen and oxygen atoms in total. The van der Waals surface area contributed by atoms with E-state index in [0.717, 1.165) is 24.7 Å². The fourth-order valence-electron chi connectivity index (χ4n) is 2.88. The van der Waals surface area contributed by atoms with Crippen molar-refractivity contribution in [2.24, 2.45) is 5.73 Å². The summed E-state index contributed by atoms with van der Waals surface area (Å²) in [6.07, 6.45) is 4.63. The van der Waals surface area contributed by atoms with Crippen LogP contribution in [0.2, 0.25) is 0 Å². The van der Waals surface area contributed by atoms with Crippen LogP contribution in [0.5, 0.6) is 0 Å². The molecule has 3 rings (SSSR count). The SMILES string of the molecule is NC(=O)c1cc([N+](=O)[O-])cnc1N1CCC(c2ccn[nH]2)CC1. The lowest BCUT2D eigenvalue weighted by Gasteiger charge is -2.33. The third-order valence-electron chi connectivity index (χ3n) is 4.09. The Hall–Kier alpha value is -2.97. The number of hydrogen-bond donors (Lipinski definition) is 2. The number of nitrogens with one attached hydrogen (secondary N) is 1. The van der Waals surface area contributed by atoms with Crippen LogP contribution in [0.3, 0.4) is 0 Å². The molecule has 1 amide bonds. The number of nitrogens with two attached hydrogens (primary N) is 1. The quantitative estimate of drug-likeness (QED) is 0.643. The zero-order valence-electron chi connectivity index (χ0n) is 12.3. The Balaban J connectivity index is 1.80. The molecule has 0 spiro atoms. The van der Waals surface area contributed by atoms with E-state index in [2.05, 4.69) is 15.2 Å². The highest BCUT2D eigenvalue weighted by molar-refractivity contribution is 5.98. The summed E-state index contributed by atoms with van der Waals surface area (Å²) in [7, 11) is 0. The van der Waals surface area contributed by atoms with Gasteiger partial charge < -0.3 is 10.6 Å². The van der Waals surface area contributed by atoms with Crippen molar-refractivity contribution in [3.63, 3.8) is 0 Å². The molecule has 0 radical (unpaired) electrons. The van der Waals surface area contributed by atoms with Crippen molar-refractivity contribution in [3.8, 4) is 0 Å². The smallest absolute Gasteiger partial charge is 0.288 e. The number of anilines is 1. The molecule has 1 aliphatic heterocycles. The van der Waals surface area contributed by atoms with Crippen molar-refractivity contribution in [2.75, 3.05) is 18.0 Å². The van der Waals surface area contributed by atoms with Gasteiger partial charge in [-0.3, -0.25) is 20.0 Å². The summed E-state index contributed by atoms with van der Waals surface area (Å²) in [6.45, 7) is 1.38. The summed E-state index contributed by atoms with van der Waals surface area (Å²) in [6, 6.07) is 3.14. The summed E-state index contributed by atoms with van der Waals surface area (Å²) in [5, 5.41) is 17.8. The molecule has 0 saturated carbocycles. The highest BCUT2D eigenvalue weighted by atomic mass is 16.6. The molecule has 0 aliphatic carbocycles. The Bertz CT molecular complexity index is 722. The maximum atomic E-state index is 11.6. The number of primary amides is 1. The van der Waals surface area contributed by atoms with E-state index >= 15 is 0 Å². The minimum Gasteiger partial charge on any atom is -0.365 e. The number of pyridine rings is 1. The van der Waals surface area contributed by atoms with Gasteiger partial charge in [0.05, 0.1) is 10.5 Å². The third-order valence-corrected chi connectivity index (χ3v) is 4.09. The summed E-state index contributed by atoms with van der Waals surface area (Å²) < 4.78 is 0. The van der Waals surface area contributed by atoms with Gasteiger partial charge >= 0.3 is 0 Å². The fraction of sp³-hybridized carbons (Fsp3) is 0.357. The van der Waals surface area contributed by atoms with Crippen LogP contribution in [0, 0.1) is 10.1 Å². The topological polar surface area (TPSA) is 131 Å². The van der Waals surface area contributed by atoms with Gasteiger partial charge in [0.25, 0.3) is 11.6 Å². The maximum absolute atomic E-state index is 11.6. The molecule has 120 valence electrons. The number of nitro groups is 1. The Morgan fingerprint density at radius 3 is 2.74 bits per heavy atom. The zero-order chi connectivity index (χ0) is 16.4. The molecule has 1 fully saturated rings. The number of H-pyrrole nitrogens is 1. The van der Waals surface area contributed by atoms with E-state index in [1.54, 1.807) is 6.20 Å². The lowest BCUT2D eigenvalue weighted by atomic mass is 9.93. The van der Waals surface area contributed by atoms with E-state index in [4.69, 9.17) is 5.73 Å². The summed E-state index contributed by atoms with van der Waals surface area (Å²) in [5.41, 5.74) is 6.29. The lowest BCUT2D eigenvalue weighted by molar-refractivity contribution is -0.385. The molecular weight excluding hydrogens is 300 g/mol. The number of rotatable bonds is 4. The summed E-state index contributed by atoms with van der Waals surface area (Å²) in [4.78, 5) is 27.9. The number of nitrogens with zero attached hydrogens (tertiary/aromatic N) is 4. The number of carbonyl (C=O) groups excluding carboxylic acids is 1. The van der Waals surface area contributed by atoms with Gasteiger partial charge in [0.1, 0.15) is 12.0 Å². The molecular formula is C14H16N6O3. The standard InChI is InChI=1S/C14H16N6O3/c15-13(21)11-7-10(20(22)23)8-16-14(11)19-5-2-9(3-6-19)12-1-4-17-18-12/h1,4,7-9H,2-3,5-6H2,(H2,15,21)(H,17,18). The van der Waals surface area contributed by atoms with E-state index in [-0.39, 0.29) is 11.3 Å². The first-order valence-electron chi connectivity index (χ1n) is 7.24. The van der Waals surface area contributed by atoms with Gasteiger partial charge in [-0.2, -0.15) is 5.10 Å². The highest BCUT2D eigenvalue weighted by Gasteiger charge is 2.26. The molecule has 1 saturated heterocycles. The largest absolute Gasteiger partial charge is 0.365 e. The number of amides is 1. The fourth-order valence-corrected chi connectivity index (χ4v) is 2.88. The number of aromatic amines is 1. The van der Waals surface area contributed by atoms with Crippen LogP contribution in [0.15, 0.2) is 24.5 Å². The molecule has 1 aliphatic rings. The zero-order valence-corrected chi connectivity index (χ0v) is 12.3. The van der Waals surface area contributed by atoms with E-state index in [1.807, 2.05) is 11.0 Å². The van der Waals surface area contributed by atoms with Crippen molar-refractivity contribution in [3.05, 3.63) is 45.9 Å². The van der Waals surface area contributed by atoms with Crippen molar-refractivity contribution in [2.45, 2.75) is 18.8 Å². The van der Waals surface area contributed by atoms with Crippen LogP contribution in [-0.4, -0.2) is 39.1 Å². The molecule has 2 aromatic rings. The van der Waals surface area contributed by atoms with E-state index < -0.39 is 10.8 Å². The molecule has 0 aromatic carbocycles. The first-order valence-corrected chi connectivity index (χ1v) is 7.24. The van der Waals surface area contributed by atoms with Crippen LogP contribution in [0.1, 0.15) is 34.8 Å². The van der Waals surface area contributed by atoms with Gasteiger partial charge in [-0.05, 0) is 18.9 Å². The molecule has 3 N–H and O–H groups in total.